The summed E-state index contributed by atoms with van der Waals surface area (Å²) in [4.78, 5) is 26.9. The molecule has 1 aliphatic heterocycles. The number of thiazole rings is 1. The molecule has 0 radical (unpaired) electrons. The van der Waals surface area contributed by atoms with E-state index >= 15 is 0 Å². The van der Waals surface area contributed by atoms with E-state index < -0.39 is 11.5 Å². The van der Waals surface area contributed by atoms with Crippen LogP contribution in [0.4, 0.5) is 5.13 Å². The first-order valence-electron chi connectivity index (χ1n) is 10.2. The molecular formula is C23H24N4O4S. The number of nitrogens with one attached hydrogen (secondary N) is 1. The summed E-state index contributed by atoms with van der Waals surface area (Å²) >= 11 is 1.40. The van der Waals surface area contributed by atoms with Gasteiger partial charge in [0, 0.05) is 5.56 Å². The second-order valence-electron chi connectivity index (χ2n) is 7.18. The molecule has 1 N–H and O–H groups in total. The molecule has 4 rings (SSSR count). The molecule has 0 fully saturated rings. The Morgan fingerprint density at radius 1 is 1.22 bits per heavy atom. The maximum atomic E-state index is 13.1. The summed E-state index contributed by atoms with van der Waals surface area (Å²) in [6.07, 6.45) is 4.59. The average Bonchev–Trinajstić information content (AvgIpc) is 3.26. The third kappa shape index (κ3) is 3.48. The highest BCUT2D eigenvalue weighted by molar-refractivity contribution is 7.16. The monoisotopic (exact) mass is 452 g/mol. The van der Waals surface area contributed by atoms with Crippen LogP contribution in [0.25, 0.3) is 17.3 Å². The molecular weight excluding hydrogens is 428 g/mol. The third-order valence-corrected chi connectivity index (χ3v) is 6.75. The van der Waals surface area contributed by atoms with Crippen molar-refractivity contribution < 1.29 is 19.0 Å². The van der Waals surface area contributed by atoms with E-state index in [0.717, 1.165) is 40.3 Å². The lowest BCUT2D eigenvalue weighted by Gasteiger charge is -2.36. The molecule has 9 heteroatoms. The van der Waals surface area contributed by atoms with Crippen molar-refractivity contribution in [2.45, 2.75) is 32.3 Å². The topological polar surface area (TPSA) is 95.5 Å². The molecule has 1 aliphatic rings. The number of fused-ring (bicyclic) bond motifs is 3. The van der Waals surface area contributed by atoms with Crippen LogP contribution in [0.2, 0.25) is 0 Å². The lowest BCUT2D eigenvalue weighted by molar-refractivity contribution is 0.0582. The second kappa shape index (κ2) is 8.58. The van der Waals surface area contributed by atoms with Gasteiger partial charge in [0.1, 0.15) is 17.7 Å². The zero-order valence-electron chi connectivity index (χ0n) is 18.4. The Morgan fingerprint density at radius 2 is 1.91 bits per heavy atom. The maximum absolute atomic E-state index is 13.1. The number of hydrogen-bond acceptors (Lipinski definition) is 8. The fourth-order valence-corrected chi connectivity index (χ4v) is 5.04. The van der Waals surface area contributed by atoms with Crippen molar-refractivity contribution in [2.75, 3.05) is 19.5 Å². The number of benzene rings is 1. The lowest BCUT2D eigenvalue weighted by Crippen LogP contribution is -2.33. The summed E-state index contributed by atoms with van der Waals surface area (Å²) in [6, 6.07) is 5.92. The Bertz CT molecular complexity index is 1160. The number of amides is 1. The first-order valence-corrected chi connectivity index (χ1v) is 11.0. The van der Waals surface area contributed by atoms with Crippen LogP contribution < -0.4 is 19.5 Å². The van der Waals surface area contributed by atoms with Crippen LogP contribution in [0.3, 0.4) is 0 Å². The summed E-state index contributed by atoms with van der Waals surface area (Å²) in [7, 11) is 2.87. The van der Waals surface area contributed by atoms with E-state index in [2.05, 4.69) is 35.7 Å². The zero-order chi connectivity index (χ0) is 22.9. The smallest absolute Gasteiger partial charge is 0.268 e. The Balaban J connectivity index is 1.78. The minimum absolute atomic E-state index is 0.107. The van der Waals surface area contributed by atoms with Gasteiger partial charge in [0.15, 0.2) is 10.7 Å². The normalized spacial score (nSPS) is 13.4. The van der Waals surface area contributed by atoms with Gasteiger partial charge < -0.3 is 14.2 Å². The SMILES string of the molecule is C=Cc1ccc2c(c1)OC(CC)(CC)c1sc(NC(=O)c3c(OC)ncnc3OC)nc1-2. The molecule has 32 heavy (non-hydrogen) atoms. The van der Waals surface area contributed by atoms with Crippen LogP contribution in [-0.4, -0.2) is 35.1 Å². The Morgan fingerprint density at radius 3 is 2.50 bits per heavy atom. The number of carbonyl (C=O) groups excluding carboxylic acids is 1. The van der Waals surface area contributed by atoms with Gasteiger partial charge in [-0.15, -0.1) is 0 Å². The number of anilines is 1. The van der Waals surface area contributed by atoms with Gasteiger partial charge in [0.05, 0.1) is 24.8 Å². The van der Waals surface area contributed by atoms with Gasteiger partial charge in [0.2, 0.25) is 11.8 Å². The first-order chi connectivity index (χ1) is 15.5. The van der Waals surface area contributed by atoms with Crippen LogP contribution in [0.15, 0.2) is 31.1 Å². The molecule has 0 unspecified atom stereocenters. The highest BCUT2D eigenvalue weighted by Crippen LogP contribution is 2.51. The Labute approximate surface area is 190 Å². The molecule has 8 nitrogen and oxygen atoms in total. The number of aromatic nitrogens is 3. The summed E-state index contributed by atoms with van der Waals surface area (Å²) in [5.41, 5.74) is 2.26. The largest absolute Gasteiger partial charge is 0.481 e. The van der Waals surface area contributed by atoms with Crippen molar-refractivity contribution in [3.63, 3.8) is 0 Å². The van der Waals surface area contributed by atoms with E-state index in [1.807, 2.05) is 18.2 Å². The molecule has 1 aromatic carbocycles. The summed E-state index contributed by atoms with van der Waals surface area (Å²) in [6.45, 7) is 8.02. The van der Waals surface area contributed by atoms with Crippen LogP contribution in [0.5, 0.6) is 17.5 Å². The molecule has 0 atom stereocenters. The van der Waals surface area contributed by atoms with Crippen molar-refractivity contribution >= 4 is 28.5 Å². The minimum atomic E-state index is -0.520. The fourth-order valence-electron chi connectivity index (χ4n) is 3.80. The molecule has 1 amide bonds. The lowest BCUT2D eigenvalue weighted by atomic mass is 9.89. The van der Waals surface area contributed by atoms with Gasteiger partial charge >= 0.3 is 0 Å². The van der Waals surface area contributed by atoms with Gasteiger partial charge in [-0.2, -0.15) is 0 Å². The van der Waals surface area contributed by atoms with Crippen molar-refractivity contribution in [3.05, 3.63) is 47.1 Å². The van der Waals surface area contributed by atoms with E-state index in [1.165, 1.54) is 31.9 Å². The standard InChI is InChI=1S/C23H24N4O4S/c1-6-13-9-10-14-15(11-13)31-23(7-2,8-3)18-17(14)26-22(32-18)27-19(28)16-20(29-4)24-12-25-21(16)30-5/h6,9-12H,1,7-8H2,2-5H3,(H,26,27,28). The number of ether oxygens (including phenoxy) is 3. The Kier molecular flexibility index (Phi) is 5.84. The van der Waals surface area contributed by atoms with Gasteiger partial charge in [0.25, 0.3) is 5.91 Å². The van der Waals surface area contributed by atoms with Gasteiger partial charge in [-0.1, -0.05) is 43.9 Å². The number of rotatable bonds is 7. The van der Waals surface area contributed by atoms with Crippen molar-refractivity contribution in [3.8, 4) is 28.8 Å². The van der Waals surface area contributed by atoms with E-state index in [-0.39, 0.29) is 17.3 Å². The van der Waals surface area contributed by atoms with Crippen LogP contribution in [-0.2, 0) is 5.60 Å². The predicted octanol–water partition coefficient (Wildman–Crippen LogP) is 4.92. The second-order valence-corrected chi connectivity index (χ2v) is 8.18. The Hall–Kier alpha value is -3.46. The van der Waals surface area contributed by atoms with Crippen LogP contribution in [0.1, 0.15) is 47.5 Å². The molecule has 3 heterocycles. The van der Waals surface area contributed by atoms with E-state index in [9.17, 15) is 4.79 Å². The van der Waals surface area contributed by atoms with E-state index in [1.54, 1.807) is 6.08 Å². The third-order valence-electron chi connectivity index (χ3n) is 5.60. The predicted molar refractivity (Wildman–Crippen MR) is 124 cm³/mol. The maximum Gasteiger partial charge on any atom is 0.268 e. The summed E-state index contributed by atoms with van der Waals surface area (Å²) < 4.78 is 17.0. The molecule has 3 aromatic rings. The fraction of sp³-hybridized carbons (Fsp3) is 0.304. The molecule has 166 valence electrons. The quantitative estimate of drug-likeness (QED) is 0.543. The van der Waals surface area contributed by atoms with Crippen LogP contribution in [0, 0.1) is 0 Å². The molecule has 0 bridgehead atoms. The number of hydrogen-bond donors (Lipinski definition) is 1. The van der Waals surface area contributed by atoms with Crippen molar-refractivity contribution in [1.82, 2.24) is 15.0 Å². The first kappa shape index (κ1) is 21.8. The summed E-state index contributed by atoms with van der Waals surface area (Å²) in [5.74, 6) is 0.546. The van der Waals surface area contributed by atoms with E-state index in [4.69, 9.17) is 19.2 Å². The number of nitrogens with zero attached hydrogens (tertiary/aromatic N) is 3. The van der Waals surface area contributed by atoms with Crippen LogP contribution >= 0.6 is 11.3 Å². The van der Waals surface area contributed by atoms with Crippen molar-refractivity contribution in [1.29, 1.82) is 0 Å². The van der Waals surface area contributed by atoms with Gasteiger partial charge in [-0.05, 0) is 30.5 Å². The average molecular weight is 453 g/mol. The zero-order valence-corrected chi connectivity index (χ0v) is 19.2. The highest BCUT2D eigenvalue weighted by atomic mass is 32.1. The van der Waals surface area contributed by atoms with E-state index in [0.29, 0.717) is 5.13 Å². The van der Waals surface area contributed by atoms with Crippen molar-refractivity contribution in [2.24, 2.45) is 0 Å². The molecule has 0 aliphatic carbocycles. The summed E-state index contributed by atoms with van der Waals surface area (Å²) in [5, 5.41) is 3.31. The number of methoxy groups -OCH3 is 2. The van der Waals surface area contributed by atoms with Gasteiger partial charge in [-0.25, -0.2) is 15.0 Å². The molecule has 0 saturated heterocycles. The number of carbonyl (C=O) groups is 1. The highest BCUT2D eigenvalue weighted by Gasteiger charge is 2.41. The minimum Gasteiger partial charge on any atom is -0.481 e. The molecule has 0 saturated carbocycles. The molecule has 2 aromatic heterocycles. The van der Waals surface area contributed by atoms with Gasteiger partial charge in [-0.3, -0.25) is 10.1 Å². The molecule has 0 spiro atoms.